The minimum atomic E-state index is -4.36. The van der Waals surface area contributed by atoms with Crippen LogP contribution < -0.4 is 16.0 Å². The summed E-state index contributed by atoms with van der Waals surface area (Å²) in [6, 6.07) is 6.64. The van der Waals surface area contributed by atoms with Crippen LogP contribution in [0, 0.1) is 0 Å². The Morgan fingerprint density at radius 1 is 1.29 bits per heavy atom. The summed E-state index contributed by atoms with van der Waals surface area (Å²) in [5.74, 6) is -0.861. The summed E-state index contributed by atoms with van der Waals surface area (Å²) in [4.78, 5) is 34.1. The van der Waals surface area contributed by atoms with Crippen LogP contribution in [-0.4, -0.2) is 53.0 Å². The summed E-state index contributed by atoms with van der Waals surface area (Å²) in [5.41, 5.74) is 1.01. The first-order valence-corrected chi connectivity index (χ1v) is 9.64. The molecule has 2 N–H and O–H groups in total. The number of alkyl halides is 3. The molecule has 1 aromatic carbocycles. The Kier molecular flexibility index (Phi) is 5.44. The molecule has 1 saturated heterocycles. The number of aromatic nitrogens is 2. The van der Waals surface area contributed by atoms with Crippen LogP contribution in [0.3, 0.4) is 0 Å². The number of piperazine rings is 1. The summed E-state index contributed by atoms with van der Waals surface area (Å²) in [6.45, 7) is 3.87. The van der Waals surface area contributed by atoms with E-state index in [1.807, 2.05) is 16.7 Å². The maximum Gasteiger partial charge on any atom is 0.418 e. The molecule has 0 radical (unpaired) electrons. The largest absolute Gasteiger partial charge is 0.418 e. The number of nitrogens with one attached hydrogen (secondary N) is 2. The third-order valence-corrected chi connectivity index (χ3v) is 5.23. The Hall–Kier alpha value is -3.34. The molecule has 3 heterocycles. The smallest absolute Gasteiger partial charge is 0.406 e. The number of rotatable bonds is 4. The molecule has 31 heavy (non-hydrogen) atoms. The van der Waals surface area contributed by atoms with E-state index in [2.05, 4.69) is 15.3 Å². The van der Waals surface area contributed by atoms with Gasteiger partial charge in [0.1, 0.15) is 0 Å². The number of benzene rings is 1. The van der Waals surface area contributed by atoms with Gasteiger partial charge in [0.15, 0.2) is 11.2 Å². The second-order valence-corrected chi connectivity index (χ2v) is 7.44. The van der Waals surface area contributed by atoms with Gasteiger partial charge in [0.05, 0.1) is 24.0 Å². The van der Waals surface area contributed by atoms with Gasteiger partial charge in [-0.15, -0.1) is 0 Å². The molecule has 3 aromatic rings. The van der Waals surface area contributed by atoms with Crippen LogP contribution in [0.4, 0.5) is 24.5 Å². The van der Waals surface area contributed by atoms with Gasteiger partial charge in [0.25, 0.3) is 0 Å². The lowest BCUT2D eigenvalue weighted by Crippen LogP contribution is -2.53. The normalized spacial score (nSPS) is 17.8. The van der Waals surface area contributed by atoms with E-state index in [9.17, 15) is 22.8 Å². The second-order valence-electron chi connectivity index (χ2n) is 7.44. The number of nitrogens with zero attached hydrogens (tertiary/aromatic N) is 3. The second kappa shape index (κ2) is 8.06. The lowest BCUT2D eigenvalue weighted by molar-refractivity contribution is -0.137. The first-order valence-electron chi connectivity index (χ1n) is 9.64. The van der Waals surface area contributed by atoms with Gasteiger partial charge in [-0.3, -0.25) is 14.7 Å². The standard InChI is InChI=1S/C20H20F3N5O3/c1-12-10-28(15-4-2-13(3-5-15)20(21,22)23)7-6-27(12)11-17(29)25-14-8-16-18(24-9-14)26-19(30)31-16/h2-5,8-9,12H,6-7,10-11H2,1H3,(H,25,29)(H,24,26,30)/t12-/m1/s1. The molecule has 1 aliphatic heterocycles. The lowest BCUT2D eigenvalue weighted by Gasteiger charge is -2.40. The van der Waals surface area contributed by atoms with Crippen molar-refractivity contribution in [3.63, 3.8) is 0 Å². The average molecular weight is 435 g/mol. The SMILES string of the molecule is C[C@@H]1CN(c2ccc(C(F)(F)F)cc2)CCN1CC(=O)Nc1cnc2[nH]c(=O)oc2c1. The van der Waals surface area contributed by atoms with Gasteiger partial charge >= 0.3 is 11.9 Å². The van der Waals surface area contributed by atoms with Crippen molar-refractivity contribution in [3.05, 3.63) is 52.6 Å². The Morgan fingerprint density at radius 3 is 2.71 bits per heavy atom. The Morgan fingerprint density at radius 2 is 2.03 bits per heavy atom. The predicted octanol–water partition coefficient (Wildman–Crippen LogP) is 2.68. The zero-order chi connectivity index (χ0) is 22.2. The summed E-state index contributed by atoms with van der Waals surface area (Å²) in [6.07, 6.45) is -2.93. The van der Waals surface area contributed by atoms with E-state index in [1.54, 1.807) is 0 Å². The van der Waals surface area contributed by atoms with Crippen molar-refractivity contribution in [3.8, 4) is 0 Å². The Bertz CT molecular complexity index is 1140. The molecule has 0 saturated carbocycles. The maximum atomic E-state index is 12.7. The van der Waals surface area contributed by atoms with Crippen molar-refractivity contribution < 1.29 is 22.4 Å². The molecule has 1 fully saturated rings. The highest BCUT2D eigenvalue weighted by molar-refractivity contribution is 5.93. The number of aromatic amines is 1. The van der Waals surface area contributed by atoms with Crippen LogP contribution in [0.5, 0.6) is 0 Å². The van der Waals surface area contributed by atoms with Gasteiger partial charge in [-0.1, -0.05) is 0 Å². The first-order chi connectivity index (χ1) is 14.7. The molecule has 8 nitrogen and oxygen atoms in total. The number of carbonyl (C=O) groups is 1. The molecule has 1 amide bonds. The van der Waals surface area contributed by atoms with E-state index in [4.69, 9.17) is 4.42 Å². The fourth-order valence-corrected chi connectivity index (χ4v) is 3.62. The number of H-pyrrole nitrogens is 1. The number of amides is 1. The van der Waals surface area contributed by atoms with Gasteiger partial charge in [-0.25, -0.2) is 9.78 Å². The Labute approximate surface area is 174 Å². The summed E-state index contributed by atoms with van der Waals surface area (Å²) < 4.78 is 43.2. The predicted molar refractivity (Wildman–Crippen MR) is 108 cm³/mol. The fraction of sp³-hybridized carbons (Fsp3) is 0.350. The minimum absolute atomic E-state index is 0.0186. The number of hydrogen-bond acceptors (Lipinski definition) is 6. The molecule has 0 unspecified atom stereocenters. The third kappa shape index (κ3) is 4.71. The van der Waals surface area contributed by atoms with Crippen LogP contribution in [0.25, 0.3) is 11.2 Å². The third-order valence-electron chi connectivity index (χ3n) is 5.23. The van der Waals surface area contributed by atoms with Crippen LogP contribution in [0.15, 0.2) is 45.7 Å². The van der Waals surface area contributed by atoms with E-state index in [-0.39, 0.29) is 24.1 Å². The van der Waals surface area contributed by atoms with E-state index >= 15 is 0 Å². The van der Waals surface area contributed by atoms with E-state index < -0.39 is 17.5 Å². The van der Waals surface area contributed by atoms with Crippen molar-refractivity contribution >= 4 is 28.5 Å². The summed E-state index contributed by atoms with van der Waals surface area (Å²) in [5, 5.41) is 2.74. The monoisotopic (exact) mass is 435 g/mol. The highest BCUT2D eigenvalue weighted by Crippen LogP contribution is 2.31. The lowest BCUT2D eigenvalue weighted by atomic mass is 10.1. The number of anilines is 2. The molecule has 2 aromatic heterocycles. The number of oxazole rings is 1. The van der Waals surface area contributed by atoms with E-state index in [1.165, 1.54) is 24.4 Å². The summed E-state index contributed by atoms with van der Waals surface area (Å²) in [7, 11) is 0. The molecule has 0 aliphatic carbocycles. The molecule has 0 spiro atoms. The fourth-order valence-electron chi connectivity index (χ4n) is 3.62. The molecule has 1 atom stereocenters. The molecular weight excluding hydrogens is 415 g/mol. The zero-order valence-corrected chi connectivity index (χ0v) is 16.6. The number of carbonyl (C=O) groups excluding carboxylic acids is 1. The maximum absolute atomic E-state index is 12.7. The van der Waals surface area contributed by atoms with Gasteiger partial charge in [0, 0.05) is 37.4 Å². The van der Waals surface area contributed by atoms with Gasteiger partial charge in [-0.05, 0) is 31.2 Å². The van der Waals surface area contributed by atoms with E-state index in [0.29, 0.717) is 31.0 Å². The number of hydrogen-bond donors (Lipinski definition) is 2. The van der Waals surface area contributed by atoms with Crippen molar-refractivity contribution in [2.75, 3.05) is 36.4 Å². The number of pyridine rings is 1. The first kappa shape index (κ1) is 20.9. The van der Waals surface area contributed by atoms with Crippen molar-refractivity contribution in [2.45, 2.75) is 19.1 Å². The van der Waals surface area contributed by atoms with Crippen LogP contribution in [-0.2, 0) is 11.0 Å². The van der Waals surface area contributed by atoms with Gasteiger partial charge in [-0.2, -0.15) is 13.2 Å². The minimum Gasteiger partial charge on any atom is -0.406 e. The quantitative estimate of drug-likeness (QED) is 0.655. The van der Waals surface area contributed by atoms with Crippen molar-refractivity contribution in [1.82, 2.24) is 14.9 Å². The number of halogens is 3. The molecular formula is C20H20F3N5O3. The topological polar surface area (TPSA) is 94.5 Å². The Balaban J connectivity index is 1.34. The molecule has 11 heteroatoms. The molecule has 164 valence electrons. The van der Waals surface area contributed by atoms with Gasteiger partial charge in [0.2, 0.25) is 5.91 Å². The van der Waals surface area contributed by atoms with Gasteiger partial charge < -0.3 is 14.6 Å². The zero-order valence-electron chi connectivity index (χ0n) is 16.6. The average Bonchev–Trinajstić information content (AvgIpc) is 3.08. The highest BCUT2D eigenvalue weighted by atomic mass is 19.4. The van der Waals surface area contributed by atoms with Crippen LogP contribution in [0.1, 0.15) is 12.5 Å². The van der Waals surface area contributed by atoms with Crippen molar-refractivity contribution in [1.29, 1.82) is 0 Å². The van der Waals surface area contributed by atoms with Crippen molar-refractivity contribution in [2.24, 2.45) is 0 Å². The highest BCUT2D eigenvalue weighted by Gasteiger charge is 2.31. The molecule has 0 bridgehead atoms. The van der Waals surface area contributed by atoms with Crippen LogP contribution in [0.2, 0.25) is 0 Å². The van der Waals surface area contributed by atoms with E-state index in [0.717, 1.165) is 17.8 Å². The molecule has 1 aliphatic rings. The molecule has 4 rings (SSSR count). The summed E-state index contributed by atoms with van der Waals surface area (Å²) >= 11 is 0. The number of fused-ring (bicyclic) bond motifs is 1. The van der Waals surface area contributed by atoms with Crippen LogP contribution >= 0.6 is 0 Å².